The third-order valence-corrected chi connectivity index (χ3v) is 1.57. The summed E-state index contributed by atoms with van der Waals surface area (Å²) in [6.45, 7) is 0.567. The van der Waals surface area contributed by atoms with E-state index < -0.39 is 0 Å². The molecule has 0 aromatic rings. The first-order chi connectivity index (χ1) is 3.80. The summed E-state index contributed by atoms with van der Waals surface area (Å²) >= 11 is 3.14. The Kier molecular flexibility index (Phi) is 1.70. The van der Waals surface area contributed by atoms with Crippen LogP contribution in [0.5, 0.6) is 0 Å². The maximum absolute atomic E-state index is 8.84. The van der Waals surface area contributed by atoms with Crippen LogP contribution in [0.25, 0.3) is 0 Å². The number of halogens is 1. The molecule has 1 aliphatic rings. The van der Waals surface area contributed by atoms with E-state index in [2.05, 4.69) is 15.9 Å². The second-order valence-corrected chi connectivity index (χ2v) is 2.31. The Morgan fingerprint density at radius 2 is 2.50 bits per heavy atom. The van der Waals surface area contributed by atoms with E-state index in [1.165, 1.54) is 0 Å². The van der Waals surface area contributed by atoms with Crippen molar-refractivity contribution < 1.29 is 5.21 Å². The smallest absolute Gasteiger partial charge is 0.106 e. The number of allylic oxidation sites excluding steroid dienone is 2. The van der Waals surface area contributed by atoms with Crippen LogP contribution in [0, 0.1) is 0 Å². The summed E-state index contributed by atoms with van der Waals surface area (Å²) in [6, 6.07) is 0. The maximum atomic E-state index is 8.84. The van der Waals surface area contributed by atoms with Gasteiger partial charge in [-0.05, 0) is 22.0 Å². The van der Waals surface area contributed by atoms with Crippen molar-refractivity contribution in [2.45, 2.75) is 0 Å². The molecular weight excluding hydrogens is 170 g/mol. The molecular formula is C5H6BrNO. The van der Waals surface area contributed by atoms with Crippen molar-refractivity contribution in [2.75, 3.05) is 6.54 Å². The van der Waals surface area contributed by atoms with Crippen molar-refractivity contribution in [1.82, 2.24) is 5.06 Å². The number of hydrogen-bond donors (Lipinski definition) is 1. The Balaban J connectivity index is 2.66. The van der Waals surface area contributed by atoms with Gasteiger partial charge in [-0.1, -0.05) is 12.2 Å². The lowest BCUT2D eigenvalue weighted by molar-refractivity contribution is -0.0340. The zero-order valence-corrected chi connectivity index (χ0v) is 5.80. The predicted molar refractivity (Wildman–Crippen MR) is 34.6 cm³/mol. The SMILES string of the molecule is ON1CC=CC=C1Br. The van der Waals surface area contributed by atoms with Crippen molar-refractivity contribution in [2.24, 2.45) is 0 Å². The first kappa shape index (κ1) is 5.85. The van der Waals surface area contributed by atoms with Gasteiger partial charge < -0.3 is 0 Å². The minimum atomic E-state index is 0.567. The lowest BCUT2D eigenvalue weighted by Gasteiger charge is -2.15. The Bertz CT molecular complexity index is 141. The first-order valence-corrected chi connectivity index (χ1v) is 3.09. The van der Waals surface area contributed by atoms with Gasteiger partial charge in [0.1, 0.15) is 4.61 Å². The second kappa shape index (κ2) is 2.33. The highest BCUT2D eigenvalue weighted by Gasteiger charge is 2.00. The third kappa shape index (κ3) is 1.11. The normalized spacial score (nSPS) is 18.8. The van der Waals surface area contributed by atoms with Crippen LogP contribution in [0.4, 0.5) is 0 Å². The standard InChI is InChI=1S/C5H6BrNO/c6-5-3-1-2-4-7(5)8/h1-3,8H,4H2. The highest BCUT2D eigenvalue weighted by Crippen LogP contribution is 2.12. The molecule has 0 spiro atoms. The van der Waals surface area contributed by atoms with E-state index in [4.69, 9.17) is 5.21 Å². The Morgan fingerprint density at radius 3 is 2.88 bits per heavy atom. The van der Waals surface area contributed by atoms with Crippen LogP contribution >= 0.6 is 15.9 Å². The van der Waals surface area contributed by atoms with Gasteiger partial charge in [-0.2, -0.15) is 0 Å². The first-order valence-electron chi connectivity index (χ1n) is 2.29. The molecule has 0 fully saturated rings. The van der Waals surface area contributed by atoms with Gasteiger partial charge in [0.15, 0.2) is 0 Å². The molecule has 0 unspecified atom stereocenters. The minimum absolute atomic E-state index is 0.567. The highest BCUT2D eigenvalue weighted by molar-refractivity contribution is 9.11. The molecule has 0 aromatic heterocycles. The van der Waals surface area contributed by atoms with Gasteiger partial charge in [-0.15, -0.1) is 0 Å². The molecule has 1 N–H and O–H groups in total. The maximum Gasteiger partial charge on any atom is 0.106 e. The summed E-state index contributed by atoms with van der Waals surface area (Å²) in [5, 5.41) is 9.97. The van der Waals surface area contributed by atoms with Gasteiger partial charge in [0.05, 0.1) is 6.54 Å². The van der Waals surface area contributed by atoms with Gasteiger partial charge in [-0.25, -0.2) is 5.06 Å². The van der Waals surface area contributed by atoms with E-state index >= 15 is 0 Å². The molecule has 44 valence electrons. The van der Waals surface area contributed by atoms with Crippen molar-refractivity contribution in [3.05, 3.63) is 22.8 Å². The number of rotatable bonds is 0. The Morgan fingerprint density at radius 1 is 1.75 bits per heavy atom. The molecule has 8 heavy (non-hydrogen) atoms. The van der Waals surface area contributed by atoms with Crippen molar-refractivity contribution in [1.29, 1.82) is 0 Å². The molecule has 0 bridgehead atoms. The molecule has 2 nitrogen and oxygen atoms in total. The molecule has 3 heteroatoms. The molecule has 0 saturated heterocycles. The van der Waals surface area contributed by atoms with Crippen molar-refractivity contribution in [3.8, 4) is 0 Å². The Hall–Kier alpha value is -0.280. The molecule has 0 amide bonds. The summed E-state index contributed by atoms with van der Waals surface area (Å²) in [7, 11) is 0. The molecule has 0 radical (unpaired) electrons. The fraction of sp³-hybridized carbons (Fsp3) is 0.200. The van der Waals surface area contributed by atoms with Crippen LogP contribution < -0.4 is 0 Å². The van der Waals surface area contributed by atoms with Crippen LogP contribution in [0.3, 0.4) is 0 Å². The lowest BCUT2D eigenvalue weighted by Crippen LogP contribution is -2.16. The highest BCUT2D eigenvalue weighted by atomic mass is 79.9. The quantitative estimate of drug-likeness (QED) is 0.565. The average molecular weight is 176 g/mol. The summed E-state index contributed by atoms with van der Waals surface area (Å²) in [5.74, 6) is 0. The van der Waals surface area contributed by atoms with Gasteiger partial charge in [0.2, 0.25) is 0 Å². The van der Waals surface area contributed by atoms with Gasteiger partial charge in [-0.3, -0.25) is 5.21 Å². The summed E-state index contributed by atoms with van der Waals surface area (Å²) in [5.41, 5.74) is 0. The van der Waals surface area contributed by atoms with E-state index in [-0.39, 0.29) is 0 Å². The molecule has 1 heterocycles. The summed E-state index contributed by atoms with van der Waals surface area (Å²) in [4.78, 5) is 0. The molecule has 0 saturated carbocycles. The number of nitrogens with zero attached hydrogens (tertiary/aromatic N) is 1. The average Bonchev–Trinajstić information content (AvgIpc) is 1.77. The molecule has 0 atom stereocenters. The monoisotopic (exact) mass is 175 g/mol. The molecule has 1 aliphatic heterocycles. The number of hydrogen-bond acceptors (Lipinski definition) is 2. The predicted octanol–water partition coefficient (Wildman–Crippen LogP) is 1.48. The van der Waals surface area contributed by atoms with Crippen molar-refractivity contribution in [3.63, 3.8) is 0 Å². The van der Waals surface area contributed by atoms with E-state index in [9.17, 15) is 0 Å². The fourth-order valence-electron chi connectivity index (χ4n) is 0.481. The van der Waals surface area contributed by atoms with Crippen LogP contribution in [-0.2, 0) is 0 Å². The van der Waals surface area contributed by atoms with Gasteiger partial charge >= 0.3 is 0 Å². The van der Waals surface area contributed by atoms with Crippen LogP contribution in [0.1, 0.15) is 0 Å². The van der Waals surface area contributed by atoms with Crippen LogP contribution in [0.2, 0.25) is 0 Å². The third-order valence-electron chi connectivity index (χ3n) is 0.895. The Labute approximate surface area is 56.2 Å². The van der Waals surface area contributed by atoms with Gasteiger partial charge in [0, 0.05) is 0 Å². The van der Waals surface area contributed by atoms with E-state index in [0.717, 1.165) is 5.06 Å². The summed E-state index contributed by atoms with van der Waals surface area (Å²) < 4.78 is 0.708. The van der Waals surface area contributed by atoms with Gasteiger partial charge in [0.25, 0.3) is 0 Å². The largest absolute Gasteiger partial charge is 0.288 e. The zero-order chi connectivity index (χ0) is 5.98. The fourth-order valence-corrected chi connectivity index (χ4v) is 0.779. The minimum Gasteiger partial charge on any atom is -0.288 e. The van der Waals surface area contributed by atoms with E-state index in [1.54, 1.807) is 6.08 Å². The molecule has 0 aliphatic carbocycles. The van der Waals surface area contributed by atoms with E-state index in [1.807, 2.05) is 12.2 Å². The van der Waals surface area contributed by atoms with Crippen molar-refractivity contribution >= 4 is 15.9 Å². The lowest BCUT2D eigenvalue weighted by atomic mass is 10.4. The molecule has 1 rings (SSSR count). The second-order valence-electron chi connectivity index (χ2n) is 1.50. The zero-order valence-electron chi connectivity index (χ0n) is 4.21. The van der Waals surface area contributed by atoms with Crippen LogP contribution in [0.15, 0.2) is 22.8 Å². The van der Waals surface area contributed by atoms with Crippen LogP contribution in [-0.4, -0.2) is 16.8 Å². The molecule has 0 aromatic carbocycles. The van der Waals surface area contributed by atoms with E-state index in [0.29, 0.717) is 11.2 Å². The summed E-state index contributed by atoms with van der Waals surface area (Å²) in [6.07, 6.45) is 5.53. The topological polar surface area (TPSA) is 23.5 Å². The number of hydroxylamine groups is 2.